The van der Waals surface area contributed by atoms with Gasteiger partial charge in [-0.15, -0.1) is 13.2 Å². The van der Waals surface area contributed by atoms with Crippen molar-refractivity contribution in [1.82, 2.24) is 0 Å². The quantitative estimate of drug-likeness (QED) is 0.578. The van der Waals surface area contributed by atoms with Crippen LogP contribution in [0.2, 0.25) is 0 Å². The van der Waals surface area contributed by atoms with E-state index < -0.39 is 35.9 Å². The number of carbonyl (C=O) groups is 2. The summed E-state index contributed by atoms with van der Waals surface area (Å²) in [5.74, 6) is -3.11. The van der Waals surface area contributed by atoms with Gasteiger partial charge in [-0.05, 0) is 0 Å². The van der Waals surface area contributed by atoms with Crippen LogP contribution < -0.4 is 0 Å². The monoisotopic (exact) mass is 262 g/mol. The molecule has 0 radical (unpaired) electrons. The molecule has 17 heavy (non-hydrogen) atoms. The highest BCUT2D eigenvalue weighted by molar-refractivity contribution is 6.03. The fourth-order valence-electron chi connectivity index (χ4n) is 0.716. The van der Waals surface area contributed by atoms with Crippen molar-refractivity contribution >= 4 is 11.6 Å². The lowest BCUT2D eigenvalue weighted by molar-refractivity contribution is -0.409. The molecule has 0 rings (SSSR count). The fraction of sp³-hybridized carbons (Fsp3) is 0.778. The first kappa shape index (κ1) is 16.0. The Hall–Kier alpha value is -1.05. The Morgan fingerprint density at radius 2 is 1.35 bits per heavy atom. The number of carbonyl (C=O) groups excluding carboxylic acids is 2. The van der Waals surface area contributed by atoms with Crippen molar-refractivity contribution < 1.29 is 36.3 Å². The molecule has 0 N–H and O–H groups in total. The van der Waals surface area contributed by atoms with Crippen LogP contribution >= 0.6 is 0 Å². The largest absolute Gasteiger partial charge is 0.527 e. The second-order valence-electron chi connectivity index (χ2n) is 4.34. The molecule has 0 amide bonds. The maximum absolute atomic E-state index is 12.6. The molecule has 3 nitrogen and oxygen atoms in total. The molecule has 0 aliphatic heterocycles. The number of Topliss-reactive ketones (excluding diaryl/α,β-unsaturated/α-hetero) is 2. The highest BCUT2D eigenvalue weighted by Crippen LogP contribution is 2.30. The lowest BCUT2D eigenvalue weighted by Gasteiger charge is -2.19. The van der Waals surface area contributed by atoms with Crippen LogP contribution in [0.4, 0.5) is 22.0 Å². The van der Waals surface area contributed by atoms with Gasteiger partial charge in [-0.2, -0.15) is 8.78 Å². The van der Waals surface area contributed by atoms with Crippen molar-refractivity contribution in [3.8, 4) is 0 Å². The summed E-state index contributed by atoms with van der Waals surface area (Å²) in [6.07, 6.45) is -12.0. The van der Waals surface area contributed by atoms with Crippen molar-refractivity contribution in [3.05, 3.63) is 0 Å². The van der Waals surface area contributed by atoms with E-state index in [-0.39, 0.29) is 0 Å². The third-order valence-electron chi connectivity index (χ3n) is 1.73. The summed E-state index contributed by atoms with van der Waals surface area (Å²) >= 11 is 0. The van der Waals surface area contributed by atoms with Crippen molar-refractivity contribution in [2.45, 2.75) is 39.7 Å². The molecule has 100 valence electrons. The van der Waals surface area contributed by atoms with Gasteiger partial charge in [-0.3, -0.25) is 9.59 Å². The van der Waals surface area contributed by atoms with Crippen molar-refractivity contribution in [3.63, 3.8) is 0 Å². The van der Waals surface area contributed by atoms with Crippen molar-refractivity contribution in [1.29, 1.82) is 0 Å². The molecule has 0 saturated heterocycles. The molecule has 0 aliphatic rings. The molecule has 0 atom stereocenters. The Balaban J connectivity index is 4.67. The number of halogens is 5. The van der Waals surface area contributed by atoms with Gasteiger partial charge >= 0.3 is 12.5 Å². The molecule has 0 saturated carbocycles. The van der Waals surface area contributed by atoms with Crippen LogP contribution in [-0.4, -0.2) is 24.0 Å². The van der Waals surface area contributed by atoms with E-state index in [4.69, 9.17) is 0 Å². The Labute approximate surface area is 93.9 Å². The number of alkyl halides is 5. The van der Waals surface area contributed by atoms with Gasteiger partial charge < -0.3 is 0 Å². The summed E-state index contributed by atoms with van der Waals surface area (Å²) in [6.45, 7) is 4.06. The number of rotatable bonds is 4. The number of hydrogen-bond donors (Lipinski definition) is 0. The molecule has 0 aromatic rings. The second-order valence-corrected chi connectivity index (χ2v) is 4.34. The lowest BCUT2D eigenvalue weighted by atomic mass is 9.88. The van der Waals surface area contributed by atoms with Crippen molar-refractivity contribution in [2.24, 2.45) is 5.41 Å². The molecule has 0 heterocycles. The molecule has 0 unspecified atom stereocenters. The van der Waals surface area contributed by atoms with E-state index in [9.17, 15) is 31.5 Å². The third-order valence-corrected chi connectivity index (χ3v) is 1.73. The zero-order valence-corrected chi connectivity index (χ0v) is 9.32. The van der Waals surface area contributed by atoms with Crippen LogP contribution in [-0.2, 0) is 14.3 Å². The summed E-state index contributed by atoms with van der Waals surface area (Å²) in [5.41, 5.74) is -1.09. The Bertz CT molecular complexity index is 314. The highest BCUT2D eigenvalue weighted by Gasteiger charge is 2.51. The summed E-state index contributed by atoms with van der Waals surface area (Å²) in [7, 11) is 0. The Morgan fingerprint density at radius 1 is 0.941 bits per heavy atom. The van der Waals surface area contributed by atoms with Crippen LogP contribution in [0.3, 0.4) is 0 Å². The van der Waals surface area contributed by atoms with E-state index in [1.807, 2.05) is 0 Å². The SMILES string of the molecule is CC(C)(C)C(=O)CC(=O)C(F)(F)OC(F)(F)F. The normalized spacial score (nSPS) is 13.6. The van der Waals surface area contributed by atoms with Gasteiger partial charge in [-0.1, -0.05) is 20.8 Å². The first-order valence-corrected chi connectivity index (χ1v) is 4.47. The van der Waals surface area contributed by atoms with Gasteiger partial charge in [0.2, 0.25) is 5.78 Å². The smallest absolute Gasteiger partial charge is 0.299 e. The highest BCUT2D eigenvalue weighted by atomic mass is 19.4. The second kappa shape index (κ2) is 4.67. The van der Waals surface area contributed by atoms with E-state index >= 15 is 0 Å². The Kier molecular flexibility index (Phi) is 4.38. The predicted molar refractivity (Wildman–Crippen MR) is 46.2 cm³/mol. The topological polar surface area (TPSA) is 43.4 Å². The minimum atomic E-state index is -5.65. The fourth-order valence-corrected chi connectivity index (χ4v) is 0.716. The first-order valence-electron chi connectivity index (χ1n) is 4.47. The molecule has 8 heteroatoms. The van der Waals surface area contributed by atoms with E-state index in [1.165, 1.54) is 20.8 Å². The molecular weight excluding hydrogens is 251 g/mol. The maximum atomic E-state index is 12.6. The summed E-state index contributed by atoms with van der Waals surface area (Å²) in [4.78, 5) is 22.0. The van der Waals surface area contributed by atoms with Crippen LogP contribution in [0.25, 0.3) is 0 Å². The van der Waals surface area contributed by atoms with E-state index in [0.29, 0.717) is 0 Å². The summed E-state index contributed by atoms with van der Waals surface area (Å²) in [6, 6.07) is 0. The Morgan fingerprint density at radius 3 is 1.65 bits per heavy atom. The number of hydrogen-bond acceptors (Lipinski definition) is 3. The molecule has 0 fully saturated rings. The van der Waals surface area contributed by atoms with Gasteiger partial charge in [0.1, 0.15) is 5.78 Å². The van der Waals surface area contributed by atoms with Crippen LogP contribution in [0.15, 0.2) is 0 Å². The first-order chi connectivity index (χ1) is 7.26. The summed E-state index contributed by atoms with van der Waals surface area (Å²) in [5, 5.41) is 0. The van der Waals surface area contributed by atoms with Crippen LogP contribution in [0, 0.1) is 5.41 Å². The van der Waals surface area contributed by atoms with Gasteiger partial charge in [0.05, 0.1) is 6.42 Å². The maximum Gasteiger partial charge on any atom is 0.527 e. The minimum Gasteiger partial charge on any atom is -0.299 e. The third kappa shape index (κ3) is 5.71. The minimum absolute atomic E-state index is 0.895. The molecule has 0 aromatic heterocycles. The van der Waals surface area contributed by atoms with Crippen LogP contribution in [0.5, 0.6) is 0 Å². The zero-order valence-electron chi connectivity index (χ0n) is 9.32. The molecule has 0 aliphatic carbocycles. The standard InChI is InChI=1S/C9H11F5O3/c1-7(2,3)5(15)4-6(16)8(10,11)17-9(12,13)14/h4H2,1-3H3. The number of ether oxygens (including phenoxy) is 1. The predicted octanol–water partition coefficient (Wildman–Crippen LogP) is 2.69. The molecule has 0 aromatic carbocycles. The van der Waals surface area contributed by atoms with E-state index in [1.54, 1.807) is 0 Å². The van der Waals surface area contributed by atoms with Crippen LogP contribution in [0.1, 0.15) is 27.2 Å². The van der Waals surface area contributed by atoms with Crippen molar-refractivity contribution in [2.75, 3.05) is 0 Å². The average molecular weight is 262 g/mol. The molecule has 0 spiro atoms. The van der Waals surface area contributed by atoms with Gasteiger partial charge in [0.15, 0.2) is 0 Å². The average Bonchev–Trinajstić information content (AvgIpc) is 1.96. The zero-order chi connectivity index (χ0) is 14.1. The van der Waals surface area contributed by atoms with Gasteiger partial charge in [0, 0.05) is 5.41 Å². The lowest BCUT2D eigenvalue weighted by Crippen LogP contribution is -2.39. The van der Waals surface area contributed by atoms with Gasteiger partial charge in [0.25, 0.3) is 0 Å². The van der Waals surface area contributed by atoms with Gasteiger partial charge in [-0.25, -0.2) is 4.74 Å². The molecular formula is C9H11F5O3. The van der Waals surface area contributed by atoms with E-state index in [0.717, 1.165) is 0 Å². The van der Waals surface area contributed by atoms with E-state index in [2.05, 4.69) is 4.74 Å². The molecule has 0 bridgehead atoms. The summed E-state index contributed by atoms with van der Waals surface area (Å²) < 4.78 is 62.2. The number of ketones is 2.